The number of hydrogen-bond acceptors (Lipinski definition) is 6. The summed E-state index contributed by atoms with van der Waals surface area (Å²) in [6.07, 6.45) is 0.329. The maximum atomic E-state index is 12.2. The first kappa shape index (κ1) is 18.1. The Bertz CT molecular complexity index is 625. The third-order valence-corrected chi connectivity index (χ3v) is 4.32. The molecule has 0 amide bonds. The number of rotatable bonds is 5. The van der Waals surface area contributed by atoms with E-state index in [4.69, 9.17) is 4.74 Å². The molecule has 0 radical (unpaired) electrons. The van der Waals surface area contributed by atoms with Crippen molar-refractivity contribution in [3.05, 3.63) is 35.4 Å². The standard InChI is InChI=1S/C18H23NO5/c1-4-24-17(22)18(2)12-19(10-9-15(18)20)11-13-5-7-14(8-6-13)16(21)23-3/h5-8H,4,9-12H2,1-3H3. The minimum Gasteiger partial charge on any atom is -0.465 e. The highest BCUT2D eigenvalue weighted by molar-refractivity contribution is 6.04. The van der Waals surface area contributed by atoms with E-state index >= 15 is 0 Å². The van der Waals surface area contributed by atoms with Crippen molar-refractivity contribution in [1.82, 2.24) is 4.90 Å². The van der Waals surface area contributed by atoms with Crippen LogP contribution in [-0.2, 0) is 25.6 Å². The molecule has 0 N–H and O–H groups in total. The summed E-state index contributed by atoms with van der Waals surface area (Å²) in [6.45, 7) is 5.19. The largest absolute Gasteiger partial charge is 0.465 e. The number of methoxy groups -OCH3 is 1. The van der Waals surface area contributed by atoms with Crippen molar-refractivity contribution in [3.8, 4) is 0 Å². The van der Waals surface area contributed by atoms with E-state index < -0.39 is 11.4 Å². The monoisotopic (exact) mass is 333 g/mol. The van der Waals surface area contributed by atoms with Crippen LogP contribution in [-0.4, -0.2) is 49.4 Å². The van der Waals surface area contributed by atoms with Crippen LogP contribution < -0.4 is 0 Å². The Balaban J connectivity index is 2.06. The molecule has 1 atom stereocenters. The minimum absolute atomic E-state index is 0.0711. The normalized spacial score (nSPS) is 21.4. The molecule has 1 saturated heterocycles. The molecule has 1 aliphatic heterocycles. The zero-order valence-corrected chi connectivity index (χ0v) is 14.3. The number of Topliss-reactive ketones (excluding diaryl/α,β-unsaturated/α-hetero) is 1. The van der Waals surface area contributed by atoms with Gasteiger partial charge in [0.15, 0.2) is 5.78 Å². The van der Waals surface area contributed by atoms with E-state index in [1.807, 2.05) is 12.1 Å². The maximum absolute atomic E-state index is 12.2. The summed E-state index contributed by atoms with van der Waals surface area (Å²) in [7, 11) is 1.34. The van der Waals surface area contributed by atoms with E-state index in [2.05, 4.69) is 9.64 Å². The molecule has 0 saturated carbocycles. The summed E-state index contributed by atoms with van der Waals surface area (Å²) >= 11 is 0. The molecule has 1 aromatic rings. The molecule has 6 heteroatoms. The van der Waals surface area contributed by atoms with Crippen molar-refractivity contribution in [2.45, 2.75) is 26.8 Å². The van der Waals surface area contributed by atoms with Crippen molar-refractivity contribution in [2.75, 3.05) is 26.8 Å². The molecule has 130 valence electrons. The van der Waals surface area contributed by atoms with Gasteiger partial charge in [-0.2, -0.15) is 0 Å². The van der Waals surface area contributed by atoms with Gasteiger partial charge in [0.2, 0.25) is 0 Å². The smallest absolute Gasteiger partial charge is 0.337 e. The number of carbonyl (C=O) groups excluding carboxylic acids is 3. The molecule has 0 bridgehead atoms. The summed E-state index contributed by atoms with van der Waals surface area (Å²) in [5.74, 6) is -0.904. The molecule has 1 heterocycles. The van der Waals surface area contributed by atoms with Crippen molar-refractivity contribution in [3.63, 3.8) is 0 Å². The Morgan fingerprint density at radius 2 is 1.92 bits per heavy atom. The van der Waals surface area contributed by atoms with Crippen molar-refractivity contribution >= 4 is 17.7 Å². The second-order valence-corrected chi connectivity index (χ2v) is 6.12. The molecule has 1 aliphatic rings. The van der Waals surface area contributed by atoms with Crippen LogP contribution in [0.15, 0.2) is 24.3 Å². The van der Waals surface area contributed by atoms with E-state index in [-0.39, 0.29) is 18.4 Å². The lowest BCUT2D eigenvalue weighted by atomic mass is 9.80. The number of benzene rings is 1. The van der Waals surface area contributed by atoms with Crippen LogP contribution in [0.4, 0.5) is 0 Å². The summed E-state index contributed by atoms with van der Waals surface area (Å²) in [5, 5.41) is 0. The van der Waals surface area contributed by atoms with Gasteiger partial charge in [0.25, 0.3) is 0 Å². The topological polar surface area (TPSA) is 72.9 Å². The Labute approximate surface area is 141 Å². The molecule has 0 aliphatic carbocycles. The van der Waals surface area contributed by atoms with Crippen LogP contribution in [0.3, 0.4) is 0 Å². The Hall–Kier alpha value is -2.21. The lowest BCUT2D eigenvalue weighted by Crippen LogP contribution is -2.52. The fourth-order valence-electron chi connectivity index (χ4n) is 2.88. The van der Waals surface area contributed by atoms with Crippen molar-refractivity contribution in [2.24, 2.45) is 5.41 Å². The average Bonchev–Trinajstić information content (AvgIpc) is 2.58. The predicted octanol–water partition coefficient (Wildman–Crippen LogP) is 1.82. The molecular weight excluding hydrogens is 310 g/mol. The minimum atomic E-state index is -1.11. The molecular formula is C18H23NO5. The van der Waals surface area contributed by atoms with Gasteiger partial charge in [-0.05, 0) is 31.5 Å². The third-order valence-electron chi connectivity index (χ3n) is 4.32. The number of piperidine rings is 1. The fourth-order valence-corrected chi connectivity index (χ4v) is 2.88. The Morgan fingerprint density at radius 1 is 1.25 bits per heavy atom. The number of likely N-dealkylation sites (tertiary alicyclic amines) is 1. The lowest BCUT2D eigenvalue weighted by molar-refractivity contribution is -0.162. The Kier molecular flexibility index (Phi) is 5.72. The van der Waals surface area contributed by atoms with E-state index in [9.17, 15) is 14.4 Å². The first-order valence-corrected chi connectivity index (χ1v) is 8.01. The number of carbonyl (C=O) groups is 3. The van der Waals surface area contributed by atoms with Crippen LogP contribution in [0.2, 0.25) is 0 Å². The zero-order chi connectivity index (χ0) is 17.7. The van der Waals surface area contributed by atoms with Crippen LogP contribution >= 0.6 is 0 Å². The second-order valence-electron chi connectivity index (χ2n) is 6.12. The van der Waals surface area contributed by atoms with Gasteiger partial charge in [-0.25, -0.2) is 4.79 Å². The molecule has 1 unspecified atom stereocenters. The van der Waals surface area contributed by atoms with Gasteiger partial charge in [-0.3, -0.25) is 14.5 Å². The first-order chi connectivity index (χ1) is 11.4. The van der Waals surface area contributed by atoms with Gasteiger partial charge in [0.1, 0.15) is 5.41 Å². The summed E-state index contributed by atoms with van der Waals surface area (Å²) in [6, 6.07) is 7.12. The van der Waals surface area contributed by atoms with Gasteiger partial charge in [-0.1, -0.05) is 12.1 Å². The van der Waals surface area contributed by atoms with Crippen molar-refractivity contribution in [1.29, 1.82) is 0 Å². The van der Waals surface area contributed by atoms with Crippen LogP contribution in [0.1, 0.15) is 36.2 Å². The maximum Gasteiger partial charge on any atom is 0.337 e. The number of ether oxygens (including phenoxy) is 2. The lowest BCUT2D eigenvalue weighted by Gasteiger charge is -2.37. The average molecular weight is 333 g/mol. The van der Waals surface area contributed by atoms with E-state index in [1.165, 1.54) is 7.11 Å². The molecule has 2 rings (SSSR count). The molecule has 24 heavy (non-hydrogen) atoms. The summed E-state index contributed by atoms with van der Waals surface area (Å²) in [4.78, 5) is 37.9. The molecule has 1 aromatic carbocycles. The van der Waals surface area contributed by atoms with Gasteiger partial charge in [0, 0.05) is 26.1 Å². The van der Waals surface area contributed by atoms with Gasteiger partial charge in [0.05, 0.1) is 19.3 Å². The molecule has 1 fully saturated rings. The third kappa shape index (κ3) is 3.82. The second kappa shape index (κ2) is 7.57. The SMILES string of the molecule is CCOC(=O)C1(C)CN(Cc2ccc(C(=O)OC)cc2)CCC1=O. The predicted molar refractivity (Wildman–Crippen MR) is 87.4 cm³/mol. The number of nitrogens with zero attached hydrogens (tertiary/aromatic N) is 1. The van der Waals surface area contributed by atoms with E-state index in [0.29, 0.717) is 31.6 Å². The van der Waals surface area contributed by atoms with E-state index in [0.717, 1.165) is 5.56 Å². The van der Waals surface area contributed by atoms with Crippen LogP contribution in [0, 0.1) is 5.41 Å². The van der Waals surface area contributed by atoms with Crippen LogP contribution in [0.25, 0.3) is 0 Å². The van der Waals surface area contributed by atoms with Crippen LogP contribution in [0.5, 0.6) is 0 Å². The molecule has 0 aromatic heterocycles. The van der Waals surface area contributed by atoms with Crippen molar-refractivity contribution < 1.29 is 23.9 Å². The van der Waals surface area contributed by atoms with Gasteiger partial charge >= 0.3 is 11.9 Å². The highest BCUT2D eigenvalue weighted by Gasteiger charge is 2.46. The molecule has 0 spiro atoms. The van der Waals surface area contributed by atoms with E-state index in [1.54, 1.807) is 26.0 Å². The highest BCUT2D eigenvalue weighted by atomic mass is 16.5. The number of esters is 2. The zero-order valence-electron chi connectivity index (χ0n) is 14.3. The number of hydrogen-bond donors (Lipinski definition) is 0. The Morgan fingerprint density at radius 3 is 2.50 bits per heavy atom. The van der Waals surface area contributed by atoms with Gasteiger partial charge in [-0.15, -0.1) is 0 Å². The highest BCUT2D eigenvalue weighted by Crippen LogP contribution is 2.28. The quantitative estimate of drug-likeness (QED) is 0.604. The number of ketones is 1. The summed E-state index contributed by atoms with van der Waals surface area (Å²) < 4.78 is 9.75. The van der Waals surface area contributed by atoms with Gasteiger partial charge < -0.3 is 9.47 Å². The first-order valence-electron chi connectivity index (χ1n) is 8.01. The summed E-state index contributed by atoms with van der Waals surface area (Å²) in [5.41, 5.74) is 0.384. The molecule has 6 nitrogen and oxygen atoms in total. The fraction of sp³-hybridized carbons (Fsp3) is 0.500.